The Kier molecular flexibility index (Phi) is 3.58. The quantitative estimate of drug-likeness (QED) is 0.708. The van der Waals surface area contributed by atoms with Crippen molar-refractivity contribution in [1.82, 2.24) is 0 Å². The van der Waals surface area contributed by atoms with Crippen molar-refractivity contribution in [3.05, 3.63) is 71.8 Å². The van der Waals surface area contributed by atoms with E-state index in [9.17, 15) is 0 Å². The molecular weight excluding hydrogens is 199 g/mol. The molecule has 2 aromatic carbocycles. The Morgan fingerprint density at radius 2 is 1.13 bits per heavy atom. The molecule has 0 N–H and O–H groups in total. The van der Waals surface area contributed by atoms with Crippen LogP contribution in [0.5, 0.6) is 0 Å². The van der Waals surface area contributed by atoms with Gasteiger partial charge in [0.2, 0.25) is 0 Å². The van der Waals surface area contributed by atoms with E-state index >= 15 is 0 Å². The van der Waals surface area contributed by atoms with Gasteiger partial charge < -0.3 is 0 Å². The predicted octanol–water partition coefficient (Wildman–Crippen LogP) is 2.88. The second-order valence-electron chi connectivity index (χ2n) is 3.34. The van der Waals surface area contributed by atoms with Crippen LogP contribution in [0.4, 0.5) is 0 Å². The summed E-state index contributed by atoms with van der Waals surface area (Å²) < 4.78 is 5.44. The van der Waals surface area contributed by atoms with Gasteiger partial charge in [-0.25, -0.2) is 0 Å². The van der Waals surface area contributed by atoms with Crippen LogP contribution in [-0.2, 0) is 3.79 Å². The van der Waals surface area contributed by atoms with E-state index in [0.717, 1.165) is 0 Å². The molecule has 1 nitrogen and oxygen atoms in total. The first kappa shape index (κ1) is 10.5. The van der Waals surface area contributed by atoms with Crippen molar-refractivity contribution in [3.63, 3.8) is 0 Å². The van der Waals surface area contributed by atoms with Crippen molar-refractivity contribution < 1.29 is 3.79 Å². The summed E-state index contributed by atoms with van der Waals surface area (Å²) in [7, 11) is 0. The second kappa shape index (κ2) is 5.14. The summed E-state index contributed by atoms with van der Waals surface area (Å²) in [5.41, 5.74) is 2.33. The van der Waals surface area contributed by atoms with E-state index in [1.54, 1.807) is 0 Å². The molecule has 0 aliphatic rings. The van der Waals surface area contributed by atoms with Crippen LogP contribution in [0.15, 0.2) is 60.7 Å². The van der Waals surface area contributed by atoms with Crippen LogP contribution in [-0.4, -0.2) is 16.6 Å². The summed E-state index contributed by atoms with van der Waals surface area (Å²) in [6.45, 7) is 0. The van der Waals surface area contributed by atoms with Crippen LogP contribution in [0.2, 0.25) is 0 Å². The third kappa shape index (κ3) is 2.49. The van der Waals surface area contributed by atoms with Gasteiger partial charge in [0, 0.05) is 0 Å². The van der Waals surface area contributed by atoms with Gasteiger partial charge in [0.1, 0.15) is 0 Å². The molecule has 0 amide bonds. The van der Waals surface area contributed by atoms with Gasteiger partial charge in [-0.1, -0.05) is 0 Å². The van der Waals surface area contributed by atoms with Gasteiger partial charge in [-0.05, 0) is 0 Å². The molecule has 0 saturated heterocycles. The Labute approximate surface area is 98.5 Å². The van der Waals surface area contributed by atoms with E-state index in [2.05, 4.69) is 40.9 Å². The molecule has 2 heteroatoms. The standard InChI is InChI=1S/C13H11O.Al/c14-13(11-7-3-1-4-8-11)12-9-5-2-6-10-12;/h1-10,13H;/q-1;+3. The summed E-state index contributed by atoms with van der Waals surface area (Å²) in [5.74, 6) is 0. The molecule has 15 heavy (non-hydrogen) atoms. The normalized spacial score (nSPS) is 10.6. The molecule has 0 atom stereocenters. The molecule has 0 unspecified atom stereocenters. The topological polar surface area (TPSA) is 9.23 Å². The number of hydrogen-bond donors (Lipinski definition) is 0. The van der Waals surface area contributed by atoms with Crippen molar-refractivity contribution in [2.45, 2.75) is 6.10 Å². The van der Waals surface area contributed by atoms with Crippen LogP contribution in [0.3, 0.4) is 0 Å². The van der Waals surface area contributed by atoms with Crippen molar-refractivity contribution >= 4 is 16.6 Å². The molecule has 70 valence electrons. The van der Waals surface area contributed by atoms with Crippen molar-refractivity contribution in [2.75, 3.05) is 0 Å². The zero-order chi connectivity index (χ0) is 10.5. The fourth-order valence-electron chi connectivity index (χ4n) is 1.61. The summed E-state index contributed by atoms with van der Waals surface area (Å²) in [6, 6.07) is 20.4. The molecule has 0 radical (unpaired) electrons. The fraction of sp³-hybridized carbons (Fsp3) is 0.0769. The van der Waals surface area contributed by atoms with Crippen molar-refractivity contribution in [1.29, 1.82) is 0 Å². The molecule has 0 aliphatic heterocycles. The average molecular weight is 210 g/mol. The SMILES string of the molecule is [Al+2][O]C(c1ccccc1)c1ccccc1. The van der Waals surface area contributed by atoms with Crippen LogP contribution >= 0.6 is 0 Å². The Morgan fingerprint density at radius 1 is 0.733 bits per heavy atom. The summed E-state index contributed by atoms with van der Waals surface area (Å²) >= 11 is 2.34. The van der Waals surface area contributed by atoms with Crippen LogP contribution in [0.25, 0.3) is 0 Å². The van der Waals surface area contributed by atoms with E-state index in [4.69, 9.17) is 3.79 Å². The van der Waals surface area contributed by atoms with E-state index in [0.29, 0.717) is 0 Å². The van der Waals surface area contributed by atoms with Gasteiger partial charge in [-0.15, -0.1) is 0 Å². The zero-order valence-electron chi connectivity index (χ0n) is 8.34. The number of rotatable bonds is 3. The minimum absolute atomic E-state index is 0.00241. The molecule has 0 aliphatic carbocycles. The molecule has 0 aromatic heterocycles. The van der Waals surface area contributed by atoms with Crippen LogP contribution < -0.4 is 0 Å². The number of benzene rings is 2. The van der Waals surface area contributed by atoms with Crippen molar-refractivity contribution in [3.8, 4) is 0 Å². The molecule has 0 saturated carbocycles. The third-order valence-electron chi connectivity index (χ3n) is 2.34. The Hall–Kier alpha value is -1.07. The van der Waals surface area contributed by atoms with Gasteiger partial charge >= 0.3 is 98.3 Å². The van der Waals surface area contributed by atoms with Gasteiger partial charge in [-0.3, -0.25) is 0 Å². The first-order valence-corrected chi connectivity index (χ1v) is 5.34. The van der Waals surface area contributed by atoms with Gasteiger partial charge in [-0.2, -0.15) is 0 Å². The molecule has 0 bridgehead atoms. The predicted molar refractivity (Wildman–Crippen MR) is 61.6 cm³/mol. The molecule has 2 rings (SSSR count). The summed E-state index contributed by atoms with van der Waals surface area (Å²) in [6.07, 6.45) is -0.00241. The van der Waals surface area contributed by atoms with Gasteiger partial charge in [0.05, 0.1) is 0 Å². The molecular formula is C13H11AlO+2. The second-order valence-corrected chi connectivity index (χ2v) is 3.61. The Balaban J connectivity index is 2.34. The first-order chi connectivity index (χ1) is 7.42. The van der Waals surface area contributed by atoms with Crippen LogP contribution in [0.1, 0.15) is 17.2 Å². The molecule has 0 fully saturated rings. The van der Waals surface area contributed by atoms with E-state index in [1.807, 2.05) is 36.4 Å². The summed E-state index contributed by atoms with van der Waals surface area (Å²) in [4.78, 5) is 0. The monoisotopic (exact) mass is 210 g/mol. The Bertz CT molecular complexity index is 360. The first-order valence-electron chi connectivity index (χ1n) is 4.87. The Morgan fingerprint density at radius 3 is 1.47 bits per heavy atom. The molecule has 0 spiro atoms. The zero-order valence-corrected chi connectivity index (χ0v) is 9.49. The average Bonchev–Trinajstić information content (AvgIpc) is 2.33. The maximum absolute atomic E-state index is 5.44. The molecule has 0 heterocycles. The third-order valence-corrected chi connectivity index (χ3v) is 2.61. The van der Waals surface area contributed by atoms with Gasteiger partial charge in [0.25, 0.3) is 0 Å². The van der Waals surface area contributed by atoms with Gasteiger partial charge in [0.15, 0.2) is 0 Å². The van der Waals surface area contributed by atoms with Crippen molar-refractivity contribution in [2.24, 2.45) is 0 Å². The summed E-state index contributed by atoms with van der Waals surface area (Å²) in [5, 5.41) is 0. The maximum atomic E-state index is 5.44. The van der Waals surface area contributed by atoms with E-state index in [-0.39, 0.29) is 6.10 Å². The van der Waals surface area contributed by atoms with Crippen LogP contribution in [0, 0.1) is 0 Å². The number of hydrogen-bond acceptors (Lipinski definition) is 1. The van der Waals surface area contributed by atoms with E-state index in [1.165, 1.54) is 11.1 Å². The fourth-order valence-corrected chi connectivity index (χ4v) is 1.92. The minimum atomic E-state index is -0.00241. The van der Waals surface area contributed by atoms with E-state index < -0.39 is 0 Å². The molecule has 2 aromatic rings.